The van der Waals surface area contributed by atoms with Gasteiger partial charge in [-0.05, 0) is 32.3 Å². The highest BCUT2D eigenvalue weighted by molar-refractivity contribution is 14.0. The Morgan fingerprint density at radius 3 is 2.22 bits per heavy atom. The van der Waals surface area contributed by atoms with E-state index in [1.54, 1.807) is 14.0 Å². The Bertz CT molecular complexity index is 648. The van der Waals surface area contributed by atoms with Crippen LogP contribution in [0.2, 0.25) is 0 Å². The summed E-state index contributed by atoms with van der Waals surface area (Å²) in [5.41, 5.74) is 2.41. The number of sulfonamides is 1. The Morgan fingerprint density at radius 1 is 1.07 bits per heavy atom. The van der Waals surface area contributed by atoms with E-state index in [4.69, 9.17) is 0 Å². The largest absolute Gasteiger partial charge is 0.356 e. The molecule has 27 heavy (non-hydrogen) atoms. The molecule has 2 N–H and O–H groups in total. The summed E-state index contributed by atoms with van der Waals surface area (Å²) in [6.07, 6.45) is 2.94. The van der Waals surface area contributed by atoms with Gasteiger partial charge in [0.15, 0.2) is 5.96 Å². The van der Waals surface area contributed by atoms with Crippen molar-refractivity contribution in [1.29, 1.82) is 0 Å². The maximum Gasteiger partial charge on any atom is 0.213 e. The van der Waals surface area contributed by atoms with Gasteiger partial charge in [0.05, 0.1) is 12.3 Å². The summed E-state index contributed by atoms with van der Waals surface area (Å²) in [5, 5.41) is 6.64. The second kappa shape index (κ2) is 14.2. The number of aryl methyl sites for hydroxylation is 1. The van der Waals surface area contributed by atoms with Gasteiger partial charge in [0.25, 0.3) is 0 Å². The molecule has 0 aromatic heterocycles. The van der Waals surface area contributed by atoms with Crippen molar-refractivity contribution in [2.24, 2.45) is 4.99 Å². The first-order chi connectivity index (χ1) is 12.4. The lowest BCUT2D eigenvalue weighted by Gasteiger charge is -2.17. The molecule has 156 valence electrons. The SMILES string of the molecule is CCCCNC(=NCc1ccc(C)cc1)NCCCN(C)S(=O)(=O)CC.I. The van der Waals surface area contributed by atoms with Crippen molar-refractivity contribution in [2.45, 2.75) is 46.6 Å². The van der Waals surface area contributed by atoms with Crippen LogP contribution in [0.4, 0.5) is 0 Å². The van der Waals surface area contributed by atoms with Crippen LogP contribution >= 0.6 is 24.0 Å². The highest BCUT2D eigenvalue weighted by atomic mass is 127. The van der Waals surface area contributed by atoms with E-state index in [2.05, 4.69) is 53.7 Å². The van der Waals surface area contributed by atoms with E-state index in [9.17, 15) is 8.42 Å². The van der Waals surface area contributed by atoms with Crippen LogP contribution in [0.5, 0.6) is 0 Å². The van der Waals surface area contributed by atoms with Gasteiger partial charge in [0, 0.05) is 26.7 Å². The summed E-state index contributed by atoms with van der Waals surface area (Å²) in [6, 6.07) is 8.36. The number of aliphatic imine (C=N–C) groups is 1. The first kappa shape index (κ1) is 26.1. The van der Waals surface area contributed by atoms with Gasteiger partial charge in [-0.2, -0.15) is 0 Å². The molecular weight excluding hydrogens is 475 g/mol. The summed E-state index contributed by atoms with van der Waals surface area (Å²) in [6.45, 7) is 8.56. The third-order valence-electron chi connectivity index (χ3n) is 4.15. The third kappa shape index (κ3) is 10.9. The van der Waals surface area contributed by atoms with Crippen molar-refractivity contribution in [1.82, 2.24) is 14.9 Å². The molecule has 0 unspecified atom stereocenters. The van der Waals surface area contributed by atoms with Crippen molar-refractivity contribution in [2.75, 3.05) is 32.4 Å². The standard InChI is InChI=1S/C19H34N4O2S.HI/c1-5-7-13-20-19(22-16-18-11-9-17(3)10-12-18)21-14-8-15-23(4)26(24,25)6-2;/h9-12H,5-8,13-16H2,1-4H3,(H2,20,21,22);1H. The fourth-order valence-corrected chi connectivity index (χ4v) is 3.14. The van der Waals surface area contributed by atoms with Crippen molar-refractivity contribution >= 4 is 40.0 Å². The molecule has 0 aliphatic heterocycles. The van der Waals surface area contributed by atoms with E-state index in [1.807, 2.05) is 0 Å². The molecule has 0 saturated heterocycles. The number of hydrogen-bond acceptors (Lipinski definition) is 3. The average molecular weight is 510 g/mol. The quantitative estimate of drug-likeness (QED) is 0.208. The van der Waals surface area contributed by atoms with Gasteiger partial charge in [-0.1, -0.05) is 43.2 Å². The van der Waals surface area contributed by atoms with E-state index < -0.39 is 10.0 Å². The first-order valence-corrected chi connectivity index (χ1v) is 11.0. The van der Waals surface area contributed by atoms with Gasteiger partial charge in [-0.15, -0.1) is 24.0 Å². The van der Waals surface area contributed by atoms with Crippen LogP contribution in [0.1, 0.15) is 44.2 Å². The molecule has 1 aromatic rings. The zero-order valence-electron chi connectivity index (χ0n) is 17.0. The molecule has 0 aliphatic carbocycles. The Labute approximate surface area is 182 Å². The van der Waals surface area contributed by atoms with Crippen LogP contribution in [0.25, 0.3) is 0 Å². The Kier molecular flexibility index (Phi) is 13.7. The predicted octanol–water partition coefficient (Wildman–Crippen LogP) is 3.12. The molecule has 1 aromatic carbocycles. The minimum Gasteiger partial charge on any atom is -0.356 e. The molecule has 0 saturated carbocycles. The Balaban J connectivity index is 0.00000676. The van der Waals surface area contributed by atoms with Crippen LogP contribution in [0.15, 0.2) is 29.3 Å². The summed E-state index contributed by atoms with van der Waals surface area (Å²) in [4.78, 5) is 4.64. The van der Waals surface area contributed by atoms with Crippen LogP contribution in [-0.4, -0.2) is 51.1 Å². The van der Waals surface area contributed by atoms with Crippen molar-refractivity contribution in [3.8, 4) is 0 Å². The highest BCUT2D eigenvalue weighted by Crippen LogP contribution is 2.04. The topological polar surface area (TPSA) is 73.8 Å². The monoisotopic (exact) mass is 510 g/mol. The Hall–Kier alpha value is -0.870. The van der Waals surface area contributed by atoms with E-state index in [-0.39, 0.29) is 29.7 Å². The Morgan fingerprint density at radius 2 is 1.67 bits per heavy atom. The molecule has 0 heterocycles. The molecule has 0 aliphatic rings. The van der Waals surface area contributed by atoms with Gasteiger partial charge >= 0.3 is 0 Å². The summed E-state index contributed by atoms with van der Waals surface area (Å²) in [5.74, 6) is 0.915. The number of unbranched alkanes of at least 4 members (excludes halogenated alkanes) is 1. The van der Waals surface area contributed by atoms with Gasteiger partial charge in [0.1, 0.15) is 0 Å². The number of nitrogens with zero attached hydrogens (tertiary/aromatic N) is 2. The fourth-order valence-electron chi connectivity index (χ4n) is 2.29. The molecule has 0 amide bonds. The van der Waals surface area contributed by atoms with Crippen molar-refractivity contribution in [3.05, 3.63) is 35.4 Å². The van der Waals surface area contributed by atoms with Gasteiger partial charge in [-0.25, -0.2) is 17.7 Å². The van der Waals surface area contributed by atoms with E-state index in [1.165, 1.54) is 15.4 Å². The first-order valence-electron chi connectivity index (χ1n) is 9.40. The van der Waals surface area contributed by atoms with Crippen molar-refractivity contribution in [3.63, 3.8) is 0 Å². The van der Waals surface area contributed by atoms with Gasteiger partial charge < -0.3 is 10.6 Å². The highest BCUT2D eigenvalue weighted by Gasteiger charge is 2.13. The normalized spacial score (nSPS) is 12.0. The number of hydrogen-bond donors (Lipinski definition) is 2. The van der Waals surface area contributed by atoms with Gasteiger partial charge in [0.2, 0.25) is 10.0 Å². The smallest absolute Gasteiger partial charge is 0.213 e. The average Bonchev–Trinajstić information content (AvgIpc) is 2.63. The lowest BCUT2D eigenvalue weighted by molar-refractivity contribution is 0.461. The maximum atomic E-state index is 11.8. The van der Waals surface area contributed by atoms with E-state index >= 15 is 0 Å². The minimum atomic E-state index is -3.11. The molecule has 0 bridgehead atoms. The van der Waals surface area contributed by atoms with Crippen LogP contribution in [0.3, 0.4) is 0 Å². The summed E-state index contributed by atoms with van der Waals surface area (Å²) in [7, 11) is -1.48. The molecule has 6 nitrogen and oxygen atoms in total. The number of rotatable bonds is 11. The number of nitrogens with one attached hydrogen (secondary N) is 2. The lowest BCUT2D eigenvalue weighted by Crippen LogP contribution is -2.39. The van der Waals surface area contributed by atoms with Crippen molar-refractivity contribution < 1.29 is 8.42 Å². The minimum absolute atomic E-state index is 0. The molecule has 0 spiro atoms. The van der Waals surface area contributed by atoms with Crippen LogP contribution in [0, 0.1) is 6.92 Å². The lowest BCUT2D eigenvalue weighted by atomic mass is 10.1. The van der Waals surface area contributed by atoms with Crippen LogP contribution in [-0.2, 0) is 16.6 Å². The zero-order chi connectivity index (χ0) is 19.4. The molecule has 0 atom stereocenters. The molecular formula is C19H35IN4O2S. The molecule has 0 fully saturated rings. The maximum absolute atomic E-state index is 11.8. The summed E-state index contributed by atoms with van der Waals surface area (Å²) < 4.78 is 24.9. The molecule has 1 rings (SSSR count). The zero-order valence-corrected chi connectivity index (χ0v) is 20.1. The number of benzene rings is 1. The van der Waals surface area contributed by atoms with Gasteiger partial charge in [-0.3, -0.25) is 0 Å². The second-order valence-electron chi connectivity index (χ2n) is 6.43. The van der Waals surface area contributed by atoms with E-state index in [0.717, 1.165) is 31.8 Å². The number of halogens is 1. The van der Waals surface area contributed by atoms with E-state index in [0.29, 0.717) is 19.6 Å². The fraction of sp³-hybridized carbons (Fsp3) is 0.632. The second-order valence-corrected chi connectivity index (χ2v) is 8.80. The van der Waals surface area contributed by atoms with Crippen LogP contribution < -0.4 is 10.6 Å². The predicted molar refractivity (Wildman–Crippen MR) is 125 cm³/mol. The molecule has 8 heteroatoms. The third-order valence-corrected chi connectivity index (χ3v) is 6.01. The summed E-state index contributed by atoms with van der Waals surface area (Å²) >= 11 is 0. The number of guanidine groups is 1. The molecule has 0 radical (unpaired) electrons.